The Labute approximate surface area is 137 Å². The van der Waals surface area contributed by atoms with E-state index in [0.717, 1.165) is 12.3 Å². The number of piperazine rings is 1. The average Bonchev–Trinajstić information content (AvgIpc) is 2.51. The maximum Gasteiger partial charge on any atom is 0.433 e. The number of nitrogens with zero attached hydrogens (tertiary/aromatic N) is 3. The third-order valence-corrected chi connectivity index (χ3v) is 3.52. The molecule has 0 aromatic carbocycles. The van der Waals surface area contributed by atoms with Crippen molar-refractivity contribution in [3.63, 3.8) is 0 Å². The fourth-order valence-corrected chi connectivity index (χ4v) is 2.27. The highest BCUT2D eigenvalue weighted by atomic mass is 19.4. The minimum absolute atomic E-state index is 0.129. The number of alkyl halides is 3. The molecule has 1 saturated heterocycles. The summed E-state index contributed by atoms with van der Waals surface area (Å²) in [7, 11) is 0. The van der Waals surface area contributed by atoms with Gasteiger partial charge in [0.25, 0.3) is 0 Å². The number of aromatic nitrogens is 1. The summed E-state index contributed by atoms with van der Waals surface area (Å²) in [6.07, 6.45) is -3.55. The zero-order valence-corrected chi connectivity index (χ0v) is 13.4. The van der Waals surface area contributed by atoms with Crippen LogP contribution in [0.2, 0.25) is 0 Å². The SMILES string of the molecule is CC(C)CNC(=O)N1CCN(c2ccnc(C(F)(F)F)c2)C(=O)C1. The molecule has 0 spiro atoms. The van der Waals surface area contributed by atoms with Gasteiger partial charge in [-0.1, -0.05) is 13.8 Å². The second-order valence-corrected chi connectivity index (χ2v) is 5.94. The Morgan fingerprint density at radius 1 is 1.38 bits per heavy atom. The number of carbonyl (C=O) groups is 2. The third-order valence-electron chi connectivity index (χ3n) is 3.52. The maximum atomic E-state index is 12.7. The monoisotopic (exact) mass is 344 g/mol. The molecule has 1 aliphatic heterocycles. The Kier molecular flexibility index (Phi) is 5.30. The van der Waals surface area contributed by atoms with E-state index in [4.69, 9.17) is 0 Å². The first-order chi connectivity index (χ1) is 11.2. The summed E-state index contributed by atoms with van der Waals surface area (Å²) in [5.41, 5.74) is -0.922. The molecule has 24 heavy (non-hydrogen) atoms. The minimum Gasteiger partial charge on any atom is -0.338 e. The Bertz CT molecular complexity index is 619. The lowest BCUT2D eigenvalue weighted by molar-refractivity contribution is -0.141. The molecule has 1 aromatic heterocycles. The predicted molar refractivity (Wildman–Crippen MR) is 81.4 cm³/mol. The highest BCUT2D eigenvalue weighted by Gasteiger charge is 2.34. The number of nitrogens with one attached hydrogen (secondary N) is 1. The molecule has 1 N–H and O–H groups in total. The molecule has 0 saturated carbocycles. The average molecular weight is 344 g/mol. The van der Waals surface area contributed by atoms with E-state index in [0.29, 0.717) is 6.54 Å². The minimum atomic E-state index is -4.57. The zero-order chi connectivity index (χ0) is 17.9. The van der Waals surface area contributed by atoms with Crippen molar-refractivity contribution in [3.8, 4) is 0 Å². The zero-order valence-electron chi connectivity index (χ0n) is 13.4. The van der Waals surface area contributed by atoms with Gasteiger partial charge < -0.3 is 15.1 Å². The third kappa shape index (κ3) is 4.36. The quantitative estimate of drug-likeness (QED) is 0.913. The lowest BCUT2D eigenvalue weighted by atomic mass is 10.2. The molecule has 2 rings (SSSR count). The first kappa shape index (κ1) is 18.0. The van der Waals surface area contributed by atoms with E-state index in [1.54, 1.807) is 0 Å². The van der Waals surface area contributed by atoms with Crippen molar-refractivity contribution >= 4 is 17.6 Å². The normalized spacial score (nSPS) is 15.8. The van der Waals surface area contributed by atoms with Gasteiger partial charge in [-0.05, 0) is 18.1 Å². The van der Waals surface area contributed by atoms with Crippen LogP contribution in [0.4, 0.5) is 23.7 Å². The van der Waals surface area contributed by atoms with Crippen LogP contribution < -0.4 is 10.2 Å². The van der Waals surface area contributed by atoms with Gasteiger partial charge in [0.2, 0.25) is 5.91 Å². The number of amides is 3. The van der Waals surface area contributed by atoms with Gasteiger partial charge in [-0.25, -0.2) is 4.79 Å². The highest BCUT2D eigenvalue weighted by molar-refractivity contribution is 5.97. The first-order valence-electron chi connectivity index (χ1n) is 7.55. The van der Waals surface area contributed by atoms with Crippen molar-refractivity contribution in [2.24, 2.45) is 5.92 Å². The molecule has 1 fully saturated rings. The molecule has 1 aromatic rings. The Morgan fingerprint density at radius 3 is 2.67 bits per heavy atom. The largest absolute Gasteiger partial charge is 0.433 e. The topological polar surface area (TPSA) is 65.5 Å². The fraction of sp³-hybridized carbons (Fsp3) is 0.533. The molecular weight excluding hydrogens is 325 g/mol. The van der Waals surface area contributed by atoms with Crippen molar-refractivity contribution in [1.29, 1.82) is 0 Å². The lowest BCUT2D eigenvalue weighted by Gasteiger charge is -2.34. The second kappa shape index (κ2) is 7.06. The fourth-order valence-electron chi connectivity index (χ4n) is 2.27. The lowest BCUT2D eigenvalue weighted by Crippen LogP contribution is -2.55. The van der Waals surface area contributed by atoms with Gasteiger partial charge >= 0.3 is 12.2 Å². The molecule has 0 unspecified atom stereocenters. The summed E-state index contributed by atoms with van der Waals surface area (Å²) in [6, 6.07) is 1.84. The summed E-state index contributed by atoms with van der Waals surface area (Å²) >= 11 is 0. The number of carbonyl (C=O) groups excluding carboxylic acids is 2. The standard InChI is InChI=1S/C15H19F3N4O2/c1-10(2)8-20-14(24)21-5-6-22(13(23)9-21)11-3-4-19-12(7-11)15(16,17)18/h3-4,7,10H,5-6,8-9H2,1-2H3,(H,20,24). The van der Waals surface area contributed by atoms with Crippen LogP contribution in [0, 0.1) is 5.92 Å². The van der Waals surface area contributed by atoms with E-state index >= 15 is 0 Å². The molecule has 132 valence electrons. The smallest absolute Gasteiger partial charge is 0.338 e. The molecule has 0 radical (unpaired) electrons. The van der Waals surface area contributed by atoms with Crippen molar-refractivity contribution in [2.75, 3.05) is 31.1 Å². The Balaban J connectivity index is 2.04. The summed E-state index contributed by atoms with van der Waals surface area (Å²) in [6.45, 7) is 4.60. The molecule has 9 heteroatoms. The van der Waals surface area contributed by atoms with Gasteiger partial charge in [0, 0.05) is 31.5 Å². The van der Waals surface area contributed by atoms with Gasteiger partial charge in [-0.15, -0.1) is 0 Å². The number of hydrogen-bond acceptors (Lipinski definition) is 3. The van der Waals surface area contributed by atoms with Crippen LogP contribution in [-0.2, 0) is 11.0 Å². The Hall–Kier alpha value is -2.32. The summed E-state index contributed by atoms with van der Waals surface area (Å²) < 4.78 is 38.2. The number of halogens is 3. The Morgan fingerprint density at radius 2 is 2.08 bits per heavy atom. The molecule has 0 bridgehead atoms. The predicted octanol–water partition coefficient (Wildman–Crippen LogP) is 2.11. The van der Waals surface area contributed by atoms with Crippen LogP contribution in [0.5, 0.6) is 0 Å². The number of anilines is 1. The summed E-state index contributed by atoms with van der Waals surface area (Å²) in [5.74, 6) is -0.149. The molecule has 0 atom stereocenters. The van der Waals surface area contributed by atoms with Gasteiger partial charge in [-0.3, -0.25) is 9.78 Å². The number of hydrogen-bond donors (Lipinski definition) is 1. The van der Waals surface area contributed by atoms with E-state index in [9.17, 15) is 22.8 Å². The molecule has 6 nitrogen and oxygen atoms in total. The first-order valence-corrected chi connectivity index (χ1v) is 7.55. The number of rotatable bonds is 3. The highest BCUT2D eigenvalue weighted by Crippen LogP contribution is 2.30. The molecular formula is C15H19F3N4O2. The van der Waals surface area contributed by atoms with E-state index in [1.165, 1.54) is 15.9 Å². The van der Waals surface area contributed by atoms with Crippen molar-refractivity contribution in [3.05, 3.63) is 24.0 Å². The van der Waals surface area contributed by atoms with E-state index < -0.39 is 17.8 Å². The van der Waals surface area contributed by atoms with Crippen molar-refractivity contribution in [1.82, 2.24) is 15.2 Å². The van der Waals surface area contributed by atoms with Gasteiger partial charge in [-0.2, -0.15) is 13.2 Å². The molecule has 3 amide bonds. The molecule has 1 aliphatic rings. The van der Waals surface area contributed by atoms with Crippen LogP contribution in [0.15, 0.2) is 18.3 Å². The van der Waals surface area contributed by atoms with Crippen molar-refractivity contribution < 1.29 is 22.8 Å². The molecule has 0 aliphatic carbocycles. The van der Waals surface area contributed by atoms with Gasteiger partial charge in [0.15, 0.2) is 0 Å². The molecule has 2 heterocycles. The maximum absolute atomic E-state index is 12.7. The van der Waals surface area contributed by atoms with Crippen LogP contribution in [-0.4, -0.2) is 48.0 Å². The van der Waals surface area contributed by atoms with Crippen LogP contribution in [0.3, 0.4) is 0 Å². The summed E-state index contributed by atoms with van der Waals surface area (Å²) in [4.78, 5) is 30.0. The number of urea groups is 1. The van der Waals surface area contributed by atoms with Crippen LogP contribution in [0.1, 0.15) is 19.5 Å². The van der Waals surface area contributed by atoms with Crippen LogP contribution in [0.25, 0.3) is 0 Å². The summed E-state index contributed by atoms with van der Waals surface area (Å²) in [5, 5.41) is 2.71. The van der Waals surface area contributed by atoms with Crippen molar-refractivity contribution in [2.45, 2.75) is 20.0 Å². The van der Waals surface area contributed by atoms with E-state index in [1.807, 2.05) is 13.8 Å². The van der Waals surface area contributed by atoms with E-state index in [-0.39, 0.29) is 37.3 Å². The number of pyridine rings is 1. The second-order valence-electron chi connectivity index (χ2n) is 5.94. The van der Waals surface area contributed by atoms with Crippen LogP contribution >= 0.6 is 0 Å². The van der Waals surface area contributed by atoms with Gasteiger partial charge in [0.05, 0.1) is 0 Å². The van der Waals surface area contributed by atoms with E-state index in [2.05, 4.69) is 10.3 Å². The van der Waals surface area contributed by atoms with Gasteiger partial charge in [0.1, 0.15) is 12.2 Å².